The number of aromatic carboxylic acids is 1. The van der Waals surface area contributed by atoms with Crippen molar-refractivity contribution in [3.8, 4) is 0 Å². The molecule has 19 heavy (non-hydrogen) atoms. The summed E-state index contributed by atoms with van der Waals surface area (Å²) in [5, 5.41) is 12.0. The minimum atomic E-state index is -1.21. The van der Waals surface area contributed by atoms with E-state index >= 15 is 0 Å². The van der Waals surface area contributed by atoms with E-state index in [1.54, 1.807) is 0 Å². The Morgan fingerprint density at radius 1 is 1.58 bits per heavy atom. The van der Waals surface area contributed by atoms with Crippen molar-refractivity contribution in [1.82, 2.24) is 4.98 Å². The maximum absolute atomic E-state index is 13.0. The molecule has 6 heteroatoms. The van der Waals surface area contributed by atoms with Crippen LogP contribution in [-0.4, -0.2) is 35.3 Å². The Balaban J connectivity index is 2.92. The van der Waals surface area contributed by atoms with Crippen LogP contribution in [0.15, 0.2) is 12.3 Å². The van der Waals surface area contributed by atoms with Gasteiger partial charge in [-0.1, -0.05) is 13.8 Å². The normalized spacial score (nSPS) is 12.5. The number of aromatic nitrogens is 1. The number of carbonyl (C=O) groups is 1. The van der Waals surface area contributed by atoms with E-state index in [1.165, 1.54) is 0 Å². The zero-order valence-corrected chi connectivity index (χ0v) is 11.3. The van der Waals surface area contributed by atoms with Crippen LogP contribution >= 0.6 is 0 Å². The largest absolute Gasteiger partial charge is 0.478 e. The number of hydrogen-bond donors (Lipinski definition) is 2. The first-order valence-corrected chi connectivity index (χ1v) is 6.18. The smallest absolute Gasteiger partial charge is 0.339 e. The summed E-state index contributed by atoms with van der Waals surface area (Å²) in [6.07, 6.45) is 0.993. The Bertz CT molecular complexity index is 438. The Morgan fingerprint density at radius 3 is 2.79 bits per heavy atom. The Kier molecular flexibility index (Phi) is 5.69. The summed E-state index contributed by atoms with van der Waals surface area (Å²) in [5.41, 5.74) is -0.179. The van der Waals surface area contributed by atoms with E-state index < -0.39 is 11.8 Å². The number of anilines is 1. The summed E-state index contributed by atoms with van der Waals surface area (Å²) in [6.45, 7) is 6.87. The molecule has 0 saturated heterocycles. The summed E-state index contributed by atoms with van der Waals surface area (Å²) in [5.74, 6) is -1.50. The Hall–Kier alpha value is -1.69. The monoisotopic (exact) mass is 270 g/mol. The summed E-state index contributed by atoms with van der Waals surface area (Å²) in [4.78, 5) is 14.9. The van der Waals surface area contributed by atoms with Crippen molar-refractivity contribution < 1.29 is 19.0 Å². The van der Waals surface area contributed by atoms with Crippen molar-refractivity contribution in [2.24, 2.45) is 5.92 Å². The number of pyridine rings is 1. The lowest BCUT2D eigenvalue weighted by molar-refractivity contribution is 0.0696. The van der Waals surface area contributed by atoms with Gasteiger partial charge in [0.1, 0.15) is 17.2 Å². The second-order valence-electron chi connectivity index (χ2n) is 4.51. The summed E-state index contributed by atoms with van der Waals surface area (Å²) < 4.78 is 18.4. The molecule has 0 fully saturated rings. The molecule has 1 aromatic rings. The topological polar surface area (TPSA) is 71.5 Å². The maximum atomic E-state index is 13.0. The first-order valence-electron chi connectivity index (χ1n) is 6.18. The van der Waals surface area contributed by atoms with Crippen LogP contribution in [0, 0.1) is 11.7 Å². The van der Waals surface area contributed by atoms with Gasteiger partial charge >= 0.3 is 5.97 Å². The van der Waals surface area contributed by atoms with Gasteiger partial charge in [-0.25, -0.2) is 14.2 Å². The van der Waals surface area contributed by atoms with Crippen LogP contribution in [0.25, 0.3) is 0 Å². The molecule has 0 aliphatic carbocycles. The van der Waals surface area contributed by atoms with Crippen LogP contribution in [0.2, 0.25) is 0 Å². The fraction of sp³-hybridized carbons (Fsp3) is 0.538. The lowest BCUT2D eigenvalue weighted by Gasteiger charge is -2.23. The van der Waals surface area contributed by atoms with Crippen molar-refractivity contribution >= 4 is 11.8 Å². The van der Waals surface area contributed by atoms with Crippen molar-refractivity contribution in [2.45, 2.75) is 26.8 Å². The highest BCUT2D eigenvalue weighted by Crippen LogP contribution is 2.17. The molecule has 0 radical (unpaired) electrons. The van der Waals surface area contributed by atoms with Gasteiger partial charge in [-0.05, 0) is 18.9 Å². The molecule has 0 spiro atoms. The number of carboxylic acid groups (broad SMARTS) is 1. The van der Waals surface area contributed by atoms with Gasteiger partial charge < -0.3 is 15.2 Å². The average molecular weight is 270 g/mol. The lowest BCUT2D eigenvalue weighted by Crippen LogP contribution is -2.32. The number of ether oxygens (including phenoxy) is 1. The van der Waals surface area contributed by atoms with Crippen molar-refractivity contribution in [3.05, 3.63) is 23.6 Å². The molecular weight excluding hydrogens is 251 g/mol. The summed E-state index contributed by atoms with van der Waals surface area (Å²) in [6, 6.07) is 0.867. The third-order valence-electron chi connectivity index (χ3n) is 2.71. The van der Waals surface area contributed by atoms with E-state index in [2.05, 4.69) is 10.3 Å². The molecule has 106 valence electrons. The quantitative estimate of drug-likeness (QED) is 0.796. The first kappa shape index (κ1) is 15.4. The summed E-state index contributed by atoms with van der Waals surface area (Å²) in [7, 11) is 0. The van der Waals surface area contributed by atoms with Crippen molar-refractivity contribution in [1.29, 1.82) is 0 Å². The van der Waals surface area contributed by atoms with E-state index in [0.717, 1.165) is 12.3 Å². The highest BCUT2D eigenvalue weighted by molar-refractivity contribution is 5.93. The van der Waals surface area contributed by atoms with Crippen LogP contribution in [0.4, 0.5) is 10.2 Å². The van der Waals surface area contributed by atoms with Gasteiger partial charge in [0.15, 0.2) is 0 Å². The molecule has 0 aromatic carbocycles. The second kappa shape index (κ2) is 7.04. The third-order valence-corrected chi connectivity index (χ3v) is 2.71. The van der Waals surface area contributed by atoms with Crippen molar-refractivity contribution in [3.63, 3.8) is 0 Å². The zero-order chi connectivity index (χ0) is 14.4. The molecule has 0 saturated carbocycles. The Morgan fingerprint density at radius 2 is 2.26 bits per heavy atom. The maximum Gasteiger partial charge on any atom is 0.339 e. The number of nitrogens with zero attached hydrogens (tertiary/aromatic N) is 1. The zero-order valence-electron chi connectivity index (χ0n) is 11.3. The van der Waals surface area contributed by atoms with E-state index in [9.17, 15) is 9.18 Å². The lowest BCUT2D eigenvalue weighted by atomic mass is 10.1. The Labute approximate surface area is 111 Å². The van der Waals surface area contributed by atoms with Crippen LogP contribution in [-0.2, 0) is 4.74 Å². The molecule has 5 nitrogen and oxygen atoms in total. The number of halogens is 1. The second-order valence-corrected chi connectivity index (χ2v) is 4.51. The number of nitrogens with one attached hydrogen (secondary N) is 1. The predicted molar refractivity (Wildman–Crippen MR) is 69.9 cm³/mol. The molecule has 0 aliphatic rings. The summed E-state index contributed by atoms with van der Waals surface area (Å²) >= 11 is 0. The van der Waals surface area contributed by atoms with Gasteiger partial charge in [-0.15, -0.1) is 0 Å². The van der Waals surface area contributed by atoms with Gasteiger partial charge in [-0.3, -0.25) is 0 Å². The minimum Gasteiger partial charge on any atom is -0.478 e. The van der Waals surface area contributed by atoms with Gasteiger partial charge in [0.25, 0.3) is 0 Å². The SMILES string of the molecule is CCOCC(Nc1ncc(F)cc1C(=O)O)C(C)C. The predicted octanol–water partition coefficient (Wildman–Crippen LogP) is 2.39. The van der Waals surface area contributed by atoms with Gasteiger partial charge in [0.05, 0.1) is 18.8 Å². The standard InChI is InChI=1S/C13H19FN2O3/c1-4-19-7-11(8(2)3)16-12-10(13(17)18)5-9(14)6-15-12/h5-6,8,11H,4,7H2,1-3H3,(H,15,16)(H,17,18). The minimum absolute atomic E-state index is 0.0870. The number of hydrogen-bond acceptors (Lipinski definition) is 4. The third kappa shape index (κ3) is 4.48. The molecule has 1 atom stereocenters. The number of rotatable bonds is 7. The van der Waals surface area contributed by atoms with Gasteiger partial charge in [-0.2, -0.15) is 0 Å². The van der Waals surface area contributed by atoms with E-state index in [4.69, 9.17) is 9.84 Å². The van der Waals surface area contributed by atoms with E-state index in [1.807, 2.05) is 20.8 Å². The van der Waals surface area contributed by atoms with Crippen LogP contribution in [0.3, 0.4) is 0 Å². The number of carboxylic acids is 1. The highest BCUT2D eigenvalue weighted by atomic mass is 19.1. The molecule has 1 heterocycles. The van der Waals surface area contributed by atoms with Gasteiger partial charge in [0, 0.05) is 6.61 Å². The molecular formula is C13H19FN2O3. The molecule has 1 rings (SSSR count). The first-order chi connectivity index (χ1) is 8.95. The average Bonchev–Trinajstić information content (AvgIpc) is 2.35. The molecule has 2 N–H and O–H groups in total. The van der Waals surface area contributed by atoms with Gasteiger partial charge in [0.2, 0.25) is 0 Å². The molecule has 1 unspecified atom stereocenters. The fourth-order valence-corrected chi connectivity index (χ4v) is 1.54. The fourth-order valence-electron chi connectivity index (χ4n) is 1.54. The van der Waals surface area contributed by atoms with Crippen molar-refractivity contribution in [2.75, 3.05) is 18.5 Å². The van der Waals surface area contributed by atoms with Crippen LogP contribution in [0.1, 0.15) is 31.1 Å². The molecule has 0 amide bonds. The highest BCUT2D eigenvalue weighted by Gasteiger charge is 2.19. The van der Waals surface area contributed by atoms with Crippen LogP contribution < -0.4 is 5.32 Å². The molecule has 0 bridgehead atoms. The van der Waals surface area contributed by atoms with E-state index in [0.29, 0.717) is 13.2 Å². The molecule has 0 aliphatic heterocycles. The molecule has 1 aromatic heterocycles. The van der Waals surface area contributed by atoms with Crippen LogP contribution in [0.5, 0.6) is 0 Å². The van der Waals surface area contributed by atoms with E-state index in [-0.39, 0.29) is 23.3 Å².